The minimum atomic E-state index is -0.351. The third kappa shape index (κ3) is 4.30. The van der Waals surface area contributed by atoms with Gasteiger partial charge >= 0.3 is 0 Å². The van der Waals surface area contributed by atoms with Crippen LogP contribution in [0.5, 0.6) is 5.75 Å². The topological polar surface area (TPSA) is 26.3 Å². The third-order valence-electron chi connectivity index (χ3n) is 3.16. The molecule has 0 aromatic heterocycles. The zero-order valence-electron chi connectivity index (χ0n) is 11.7. The second kappa shape index (κ2) is 7.23. The summed E-state index contributed by atoms with van der Waals surface area (Å²) < 4.78 is 18.3. The van der Waals surface area contributed by atoms with Crippen LogP contribution < -0.4 is 4.74 Å². The van der Waals surface area contributed by atoms with Gasteiger partial charge in [0.15, 0.2) is 5.78 Å². The second-order valence-electron chi connectivity index (χ2n) is 4.64. The van der Waals surface area contributed by atoms with Crippen molar-refractivity contribution in [3.05, 3.63) is 64.4 Å². The molecular formula is C17H16ClFO2. The van der Waals surface area contributed by atoms with Crippen molar-refractivity contribution in [2.24, 2.45) is 0 Å². The lowest BCUT2D eigenvalue weighted by Gasteiger charge is -2.08. The quantitative estimate of drug-likeness (QED) is 0.723. The first-order chi connectivity index (χ1) is 10.1. The first-order valence-electron chi connectivity index (χ1n) is 6.80. The normalized spacial score (nSPS) is 10.4. The summed E-state index contributed by atoms with van der Waals surface area (Å²) in [5.74, 6) is 0.277. The van der Waals surface area contributed by atoms with Gasteiger partial charge in [-0.25, -0.2) is 4.39 Å². The van der Waals surface area contributed by atoms with Crippen LogP contribution in [-0.4, -0.2) is 12.4 Å². The van der Waals surface area contributed by atoms with Crippen LogP contribution in [0, 0.1) is 5.82 Å². The number of halogens is 2. The van der Waals surface area contributed by atoms with Gasteiger partial charge in [0.2, 0.25) is 0 Å². The molecule has 110 valence electrons. The summed E-state index contributed by atoms with van der Waals surface area (Å²) in [5, 5.41) is 0.715. The molecule has 0 aliphatic rings. The molecule has 0 aliphatic heterocycles. The molecule has 0 aliphatic carbocycles. The van der Waals surface area contributed by atoms with E-state index < -0.39 is 0 Å². The van der Waals surface area contributed by atoms with Gasteiger partial charge in [0, 0.05) is 17.0 Å². The number of carbonyl (C=O) groups excluding carboxylic acids is 1. The summed E-state index contributed by atoms with van der Waals surface area (Å²) in [4.78, 5) is 11.9. The van der Waals surface area contributed by atoms with Gasteiger partial charge in [0.05, 0.1) is 6.61 Å². The Morgan fingerprint density at radius 2 is 1.90 bits per heavy atom. The molecule has 0 bridgehead atoms. The first kappa shape index (κ1) is 15.5. The number of ether oxygens (including phenoxy) is 1. The van der Waals surface area contributed by atoms with E-state index in [-0.39, 0.29) is 24.6 Å². The van der Waals surface area contributed by atoms with E-state index in [0.717, 1.165) is 12.0 Å². The van der Waals surface area contributed by atoms with E-state index in [1.54, 1.807) is 12.1 Å². The van der Waals surface area contributed by atoms with E-state index in [2.05, 4.69) is 0 Å². The van der Waals surface area contributed by atoms with Crippen molar-refractivity contribution in [1.82, 2.24) is 0 Å². The highest BCUT2D eigenvalue weighted by Gasteiger charge is 2.07. The first-order valence-corrected chi connectivity index (χ1v) is 7.18. The van der Waals surface area contributed by atoms with E-state index in [0.29, 0.717) is 16.3 Å². The molecule has 2 aromatic rings. The predicted molar refractivity (Wildman–Crippen MR) is 81.7 cm³/mol. The number of hydrogen-bond acceptors (Lipinski definition) is 2. The average molecular weight is 307 g/mol. The smallest absolute Gasteiger partial charge is 0.166 e. The van der Waals surface area contributed by atoms with Crippen LogP contribution in [0.15, 0.2) is 42.5 Å². The van der Waals surface area contributed by atoms with E-state index in [4.69, 9.17) is 16.3 Å². The maximum Gasteiger partial charge on any atom is 0.166 e. The Hall–Kier alpha value is -1.87. The minimum Gasteiger partial charge on any atom is -0.493 e. The van der Waals surface area contributed by atoms with Gasteiger partial charge in [-0.15, -0.1) is 0 Å². The Kier molecular flexibility index (Phi) is 5.34. The number of benzene rings is 2. The molecule has 0 amide bonds. The van der Waals surface area contributed by atoms with Crippen LogP contribution in [0.2, 0.25) is 5.02 Å². The summed E-state index contributed by atoms with van der Waals surface area (Å²) in [6.45, 7) is 2.30. The van der Waals surface area contributed by atoms with Crippen molar-refractivity contribution in [3.63, 3.8) is 0 Å². The molecule has 2 aromatic carbocycles. The molecule has 21 heavy (non-hydrogen) atoms. The summed E-state index contributed by atoms with van der Waals surface area (Å²) in [6, 6.07) is 11.0. The van der Waals surface area contributed by atoms with Gasteiger partial charge in [0.25, 0.3) is 0 Å². The lowest BCUT2D eigenvalue weighted by atomic mass is 10.1. The number of ketones is 1. The van der Waals surface area contributed by atoms with Crippen LogP contribution in [0.1, 0.15) is 29.3 Å². The Morgan fingerprint density at radius 1 is 1.19 bits per heavy atom. The number of hydrogen-bond donors (Lipinski definition) is 0. The van der Waals surface area contributed by atoms with Gasteiger partial charge in [-0.05, 0) is 54.4 Å². The number of rotatable bonds is 6. The molecule has 2 nitrogen and oxygen atoms in total. The highest BCUT2D eigenvalue weighted by Crippen LogP contribution is 2.22. The SMILES string of the molecule is CCc1cc(OCCC(=O)c2ccc(F)cc2)ccc1Cl. The third-order valence-corrected chi connectivity index (χ3v) is 3.53. The molecule has 0 N–H and O–H groups in total. The molecule has 0 saturated carbocycles. The van der Waals surface area contributed by atoms with Gasteiger partial charge < -0.3 is 4.74 Å². The van der Waals surface area contributed by atoms with E-state index in [9.17, 15) is 9.18 Å². The number of aryl methyl sites for hydroxylation is 1. The van der Waals surface area contributed by atoms with Gasteiger partial charge in [-0.2, -0.15) is 0 Å². The highest BCUT2D eigenvalue weighted by molar-refractivity contribution is 6.31. The second-order valence-corrected chi connectivity index (χ2v) is 5.04. The van der Waals surface area contributed by atoms with Crippen LogP contribution in [0.4, 0.5) is 4.39 Å². The minimum absolute atomic E-state index is 0.0697. The van der Waals surface area contributed by atoms with Crippen molar-refractivity contribution in [3.8, 4) is 5.75 Å². The van der Waals surface area contributed by atoms with Crippen molar-refractivity contribution >= 4 is 17.4 Å². The molecule has 0 heterocycles. The van der Waals surface area contributed by atoms with Crippen LogP contribution in [-0.2, 0) is 6.42 Å². The number of carbonyl (C=O) groups is 1. The zero-order chi connectivity index (χ0) is 15.2. The van der Waals surface area contributed by atoms with Gasteiger partial charge in [0.1, 0.15) is 11.6 Å². The van der Waals surface area contributed by atoms with Crippen molar-refractivity contribution in [2.45, 2.75) is 19.8 Å². The summed E-state index contributed by atoms with van der Waals surface area (Å²) in [7, 11) is 0. The molecule has 0 radical (unpaired) electrons. The Bertz CT molecular complexity index is 623. The monoisotopic (exact) mass is 306 g/mol. The largest absolute Gasteiger partial charge is 0.493 e. The van der Waals surface area contributed by atoms with Crippen LogP contribution in [0.25, 0.3) is 0 Å². The van der Waals surface area contributed by atoms with Gasteiger partial charge in [-0.3, -0.25) is 4.79 Å². The van der Waals surface area contributed by atoms with E-state index >= 15 is 0 Å². The zero-order valence-corrected chi connectivity index (χ0v) is 12.5. The maximum absolute atomic E-state index is 12.8. The van der Waals surface area contributed by atoms with E-state index in [1.807, 2.05) is 13.0 Å². The van der Waals surface area contributed by atoms with Crippen molar-refractivity contribution in [2.75, 3.05) is 6.61 Å². The molecule has 0 fully saturated rings. The van der Waals surface area contributed by atoms with Crippen molar-refractivity contribution < 1.29 is 13.9 Å². The molecule has 0 spiro atoms. The molecular weight excluding hydrogens is 291 g/mol. The predicted octanol–water partition coefficient (Wildman–Crippen LogP) is 4.69. The van der Waals surface area contributed by atoms with Crippen LogP contribution in [0.3, 0.4) is 0 Å². The average Bonchev–Trinajstić information content (AvgIpc) is 2.49. The molecule has 0 unspecified atom stereocenters. The molecule has 2 rings (SSSR count). The highest BCUT2D eigenvalue weighted by atomic mass is 35.5. The maximum atomic E-state index is 12.8. The summed E-state index contributed by atoms with van der Waals surface area (Å²) >= 11 is 6.03. The summed E-state index contributed by atoms with van der Waals surface area (Å²) in [6.07, 6.45) is 1.07. The molecule has 0 saturated heterocycles. The van der Waals surface area contributed by atoms with Crippen LogP contribution >= 0.6 is 11.6 Å². The van der Waals surface area contributed by atoms with Gasteiger partial charge in [-0.1, -0.05) is 18.5 Å². The molecule has 0 atom stereocenters. The standard InChI is InChI=1S/C17H16ClFO2/c1-2-12-11-15(7-8-16(12)18)21-10-9-17(20)13-3-5-14(19)6-4-13/h3-8,11H,2,9-10H2,1H3. The Morgan fingerprint density at radius 3 is 2.57 bits per heavy atom. The van der Waals surface area contributed by atoms with E-state index in [1.165, 1.54) is 24.3 Å². The Labute approximate surface area is 128 Å². The lowest BCUT2D eigenvalue weighted by molar-refractivity contribution is 0.0962. The summed E-state index contributed by atoms with van der Waals surface area (Å²) in [5.41, 5.74) is 1.50. The fourth-order valence-corrected chi connectivity index (χ4v) is 2.20. The number of Topliss-reactive ketones (excluding diaryl/α,β-unsaturated/α-hetero) is 1. The fraction of sp³-hybridized carbons (Fsp3) is 0.235. The Balaban J connectivity index is 1.89. The lowest BCUT2D eigenvalue weighted by Crippen LogP contribution is -2.07. The van der Waals surface area contributed by atoms with Crippen molar-refractivity contribution in [1.29, 1.82) is 0 Å². The fourth-order valence-electron chi connectivity index (χ4n) is 1.95. The molecule has 4 heteroatoms.